The first-order chi connectivity index (χ1) is 9.58. The molecule has 1 aliphatic rings. The van der Waals surface area contributed by atoms with Crippen LogP contribution in [0.25, 0.3) is 0 Å². The van der Waals surface area contributed by atoms with Gasteiger partial charge in [0.2, 0.25) is 0 Å². The summed E-state index contributed by atoms with van der Waals surface area (Å²) in [6.45, 7) is 0. The van der Waals surface area contributed by atoms with Crippen LogP contribution in [-0.4, -0.2) is 0 Å². The van der Waals surface area contributed by atoms with Crippen molar-refractivity contribution in [3.05, 3.63) is 54.4 Å². The van der Waals surface area contributed by atoms with E-state index in [-0.39, 0.29) is 5.02 Å². The van der Waals surface area contributed by atoms with Gasteiger partial charge in [0.25, 0.3) is 0 Å². The number of aryl methyl sites for hydroxylation is 2. The molecule has 1 heterocycles. The van der Waals surface area contributed by atoms with E-state index < -0.39 is 11.9 Å². The highest BCUT2D eigenvalue weighted by molar-refractivity contribution is 9.10. The maximum atomic E-state index is 14.2. The first kappa shape index (κ1) is 14.5. The summed E-state index contributed by atoms with van der Waals surface area (Å²) in [5, 5.41) is 0.0965. The summed E-state index contributed by atoms with van der Waals surface area (Å²) in [4.78, 5) is 2.43. The van der Waals surface area contributed by atoms with Gasteiger partial charge in [0.05, 0.1) is 11.1 Å². The van der Waals surface area contributed by atoms with Crippen molar-refractivity contribution in [3.8, 4) is 0 Å². The number of thiophene rings is 1. The van der Waals surface area contributed by atoms with Gasteiger partial charge in [-0.1, -0.05) is 17.7 Å². The Morgan fingerprint density at radius 2 is 2.05 bits per heavy atom. The number of halogens is 3. The molecule has 1 aromatic carbocycles. The molecular formula is C15H14BrClFNS. The summed E-state index contributed by atoms with van der Waals surface area (Å²) < 4.78 is 14.8. The van der Waals surface area contributed by atoms with E-state index in [4.69, 9.17) is 17.3 Å². The largest absolute Gasteiger partial charge is 0.320 e. The molecule has 3 rings (SSSR count). The molecule has 0 fully saturated rings. The number of benzene rings is 1. The summed E-state index contributed by atoms with van der Waals surface area (Å²) in [7, 11) is 0. The van der Waals surface area contributed by atoms with Crippen LogP contribution >= 0.6 is 38.9 Å². The molecule has 2 aromatic rings. The Balaban J connectivity index is 1.98. The van der Waals surface area contributed by atoms with Crippen LogP contribution < -0.4 is 5.73 Å². The quantitative estimate of drug-likeness (QED) is 0.716. The Morgan fingerprint density at radius 3 is 2.80 bits per heavy atom. The molecule has 2 N–H and O–H groups in total. The van der Waals surface area contributed by atoms with Gasteiger partial charge in [0, 0.05) is 19.8 Å². The second-order valence-electron chi connectivity index (χ2n) is 5.05. The SMILES string of the molecule is NC(c1cc2c(s1)CCCC2)c1ccc(Br)c(Cl)c1F. The standard InChI is InChI=1S/C15H14BrClFNS/c16-10-6-5-9(14(18)13(10)17)15(19)12-7-8-3-1-2-4-11(8)20-12/h5-7,15H,1-4,19H2. The van der Waals surface area contributed by atoms with E-state index in [1.807, 2.05) is 0 Å². The maximum Gasteiger partial charge on any atom is 0.148 e. The monoisotopic (exact) mass is 373 g/mol. The van der Waals surface area contributed by atoms with Crippen LogP contribution in [0.5, 0.6) is 0 Å². The van der Waals surface area contributed by atoms with Crippen LogP contribution in [0.1, 0.15) is 39.8 Å². The first-order valence-electron chi connectivity index (χ1n) is 6.58. The molecule has 5 heteroatoms. The molecule has 0 bridgehead atoms. The van der Waals surface area contributed by atoms with E-state index in [0.29, 0.717) is 10.0 Å². The lowest BCUT2D eigenvalue weighted by molar-refractivity contribution is 0.600. The van der Waals surface area contributed by atoms with E-state index in [0.717, 1.165) is 17.7 Å². The predicted octanol–water partition coefficient (Wildman–Crippen LogP) is 5.23. The van der Waals surface area contributed by atoms with Gasteiger partial charge in [-0.2, -0.15) is 0 Å². The van der Waals surface area contributed by atoms with Crippen molar-refractivity contribution in [2.24, 2.45) is 5.73 Å². The topological polar surface area (TPSA) is 26.0 Å². The number of rotatable bonds is 2. The Hall–Kier alpha value is -0.420. The minimum Gasteiger partial charge on any atom is -0.320 e. The van der Waals surface area contributed by atoms with Gasteiger partial charge >= 0.3 is 0 Å². The van der Waals surface area contributed by atoms with Gasteiger partial charge in [-0.25, -0.2) is 4.39 Å². The zero-order valence-corrected chi connectivity index (χ0v) is 13.9. The first-order valence-corrected chi connectivity index (χ1v) is 8.57. The fraction of sp³-hybridized carbons (Fsp3) is 0.333. The molecule has 0 aliphatic heterocycles. The Bertz CT molecular complexity index is 632. The van der Waals surface area contributed by atoms with E-state index >= 15 is 0 Å². The van der Waals surface area contributed by atoms with Crippen LogP contribution in [0.4, 0.5) is 4.39 Å². The van der Waals surface area contributed by atoms with Gasteiger partial charge in [-0.05, 0) is 59.3 Å². The molecule has 0 radical (unpaired) electrons. The highest BCUT2D eigenvalue weighted by Crippen LogP contribution is 2.37. The lowest BCUT2D eigenvalue weighted by Crippen LogP contribution is -2.12. The highest BCUT2D eigenvalue weighted by atomic mass is 79.9. The Kier molecular flexibility index (Phi) is 4.18. The molecule has 1 atom stereocenters. The van der Waals surface area contributed by atoms with Crippen molar-refractivity contribution >= 4 is 38.9 Å². The van der Waals surface area contributed by atoms with Gasteiger partial charge in [-0.3, -0.25) is 0 Å². The molecule has 0 spiro atoms. The normalized spacial score (nSPS) is 16.0. The molecule has 1 nitrogen and oxygen atoms in total. The average Bonchev–Trinajstić information content (AvgIpc) is 2.88. The summed E-state index contributed by atoms with van der Waals surface area (Å²) in [6, 6.07) is 5.14. The highest BCUT2D eigenvalue weighted by Gasteiger charge is 2.21. The molecule has 1 unspecified atom stereocenters. The van der Waals surface area contributed by atoms with Gasteiger partial charge in [0.1, 0.15) is 5.82 Å². The van der Waals surface area contributed by atoms with Crippen molar-refractivity contribution in [3.63, 3.8) is 0 Å². The van der Waals surface area contributed by atoms with E-state index in [1.54, 1.807) is 23.5 Å². The van der Waals surface area contributed by atoms with E-state index in [1.165, 1.54) is 23.3 Å². The molecular weight excluding hydrogens is 361 g/mol. The summed E-state index contributed by atoms with van der Waals surface area (Å²) in [5.74, 6) is -0.431. The van der Waals surface area contributed by atoms with Crippen LogP contribution in [0.2, 0.25) is 5.02 Å². The minimum absolute atomic E-state index is 0.0965. The second-order valence-corrected chi connectivity index (χ2v) is 7.45. The van der Waals surface area contributed by atoms with Gasteiger partial charge in [-0.15, -0.1) is 11.3 Å². The minimum atomic E-state index is -0.448. The molecule has 20 heavy (non-hydrogen) atoms. The number of hydrogen-bond donors (Lipinski definition) is 1. The fourth-order valence-corrected chi connectivity index (χ4v) is 4.36. The van der Waals surface area contributed by atoms with Crippen molar-refractivity contribution in [2.75, 3.05) is 0 Å². The molecule has 106 valence electrons. The van der Waals surface area contributed by atoms with Crippen LogP contribution in [0.3, 0.4) is 0 Å². The Labute approximate surface area is 135 Å². The zero-order valence-electron chi connectivity index (χ0n) is 10.8. The van der Waals surface area contributed by atoms with Crippen molar-refractivity contribution in [1.29, 1.82) is 0 Å². The van der Waals surface area contributed by atoms with Gasteiger partial charge in [0.15, 0.2) is 0 Å². The second kappa shape index (κ2) is 5.76. The summed E-state index contributed by atoms with van der Waals surface area (Å²) in [5.41, 5.74) is 8.08. The van der Waals surface area contributed by atoms with Gasteiger partial charge < -0.3 is 5.73 Å². The third-order valence-electron chi connectivity index (χ3n) is 3.72. The maximum absolute atomic E-state index is 14.2. The van der Waals surface area contributed by atoms with E-state index in [9.17, 15) is 4.39 Å². The smallest absolute Gasteiger partial charge is 0.148 e. The molecule has 0 amide bonds. The molecule has 1 aliphatic carbocycles. The van der Waals surface area contributed by atoms with Crippen LogP contribution in [-0.2, 0) is 12.8 Å². The zero-order chi connectivity index (χ0) is 14.3. The predicted molar refractivity (Wildman–Crippen MR) is 86.1 cm³/mol. The number of nitrogens with two attached hydrogens (primary N) is 1. The van der Waals surface area contributed by atoms with Crippen LogP contribution in [0.15, 0.2) is 22.7 Å². The fourth-order valence-electron chi connectivity index (χ4n) is 2.60. The molecule has 0 saturated heterocycles. The van der Waals surface area contributed by atoms with Crippen LogP contribution in [0, 0.1) is 5.82 Å². The van der Waals surface area contributed by atoms with E-state index in [2.05, 4.69) is 22.0 Å². The van der Waals surface area contributed by atoms with Crippen molar-refractivity contribution in [2.45, 2.75) is 31.7 Å². The third-order valence-corrected chi connectivity index (χ3v) is 6.30. The van der Waals surface area contributed by atoms with Crippen molar-refractivity contribution < 1.29 is 4.39 Å². The van der Waals surface area contributed by atoms with Crippen molar-refractivity contribution in [1.82, 2.24) is 0 Å². The summed E-state index contributed by atoms with van der Waals surface area (Å²) in [6.07, 6.45) is 4.70. The number of hydrogen-bond acceptors (Lipinski definition) is 2. The lowest BCUT2D eigenvalue weighted by Gasteiger charge is -2.12. The third kappa shape index (κ3) is 2.54. The average molecular weight is 375 g/mol. The molecule has 1 aromatic heterocycles. The Morgan fingerprint density at radius 1 is 1.30 bits per heavy atom. The molecule has 0 saturated carbocycles. The number of fused-ring (bicyclic) bond motifs is 1. The lowest BCUT2D eigenvalue weighted by atomic mass is 9.98. The summed E-state index contributed by atoms with van der Waals surface area (Å²) >= 11 is 10.9.